The van der Waals surface area contributed by atoms with E-state index >= 15 is 0 Å². The van der Waals surface area contributed by atoms with Gasteiger partial charge in [0.05, 0.1) is 0 Å². The Bertz CT molecular complexity index is 533. The van der Waals surface area contributed by atoms with Crippen molar-refractivity contribution in [2.24, 2.45) is 11.8 Å². The summed E-state index contributed by atoms with van der Waals surface area (Å²) < 4.78 is 0. The summed E-state index contributed by atoms with van der Waals surface area (Å²) in [6.07, 6.45) is 5.15. The lowest BCUT2D eigenvalue weighted by molar-refractivity contribution is -0.121. The summed E-state index contributed by atoms with van der Waals surface area (Å²) >= 11 is 0. The largest absolute Gasteiger partial charge is 0.356 e. The highest BCUT2D eigenvalue weighted by atomic mass is 16.1. The van der Waals surface area contributed by atoms with Gasteiger partial charge in [-0.3, -0.25) is 9.69 Å². The average molecular weight is 344 g/mol. The second-order valence-electron chi connectivity index (χ2n) is 7.80. The van der Waals surface area contributed by atoms with E-state index in [1.807, 2.05) is 0 Å². The Kier molecular flexibility index (Phi) is 6.88. The molecule has 2 N–H and O–H groups in total. The van der Waals surface area contributed by atoms with Crippen LogP contribution in [-0.2, 0) is 11.3 Å². The number of nitrogens with one attached hydrogen (secondary N) is 2. The summed E-state index contributed by atoms with van der Waals surface area (Å²) in [4.78, 5) is 14.4. The van der Waals surface area contributed by atoms with Gasteiger partial charge in [-0.1, -0.05) is 37.3 Å². The molecule has 4 nitrogen and oxygen atoms in total. The van der Waals surface area contributed by atoms with Crippen LogP contribution in [0.15, 0.2) is 30.3 Å². The fourth-order valence-corrected chi connectivity index (χ4v) is 4.42. The Labute approximate surface area is 152 Å². The summed E-state index contributed by atoms with van der Waals surface area (Å²) in [7, 11) is 0. The highest BCUT2D eigenvalue weighted by Crippen LogP contribution is 2.31. The van der Waals surface area contributed by atoms with E-state index in [1.165, 1.54) is 25.1 Å². The van der Waals surface area contributed by atoms with Crippen LogP contribution in [0.3, 0.4) is 0 Å². The van der Waals surface area contributed by atoms with Gasteiger partial charge in [0.2, 0.25) is 5.91 Å². The van der Waals surface area contributed by atoms with Crippen molar-refractivity contribution in [3.63, 3.8) is 0 Å². The van der Waals surface area contributed by atoms with Gasteiger partial charge in [0.1, 0.15) is 0 Å². The maximum atomic E-state index is 11.8. The number of benzene rings is 1. The van der Waals surface area contributed by atoms with Gasteiger partial charge in [-0.15, -0.1) is 0 Å². The third-order valence-electron chi connectivity index (χ3n) is 5.62. The van der Waals surface area contributed by atoms with Crippen LogP contribution in [-0.4, -0.2) is 43.0 Å². The zero-order valence-electron chi connectivity index (χ0n) is 15.5. The van der Waals surface area contributed by atoms with Crippen LogP contribution in [0.2, 0.25) is 0 Å². The highest BCUT2D eigenvalue weighted by molar-refractivity contribution is 5.75. The Hall–Kier alpha value is -1.39. The van der Waals surface area contributed by atoms with Gasteiger partial charge in [0.25, 0.3) is 0 Å². The first-order valence-electron chi connectivity index (χ1n) is 10.0. The smallest absolute Gasteiger partial charge is 0.219 e. The molecule has 3 unspecified atom stereocenters. The summed E-state index contributed by atoms with van der Waals surface area (Å²) in [5.74, 6) is 1.73. The third kappa shape index (κ3) is 5.55. The molecular weight excluding hydrogens is 310 g/mol. The Balaban J connectivity index is 1.45. The average Bonchev–Trinajstić information content (AvgIpc) is 2.62. The summed E-state index contributed by atoms with van der Waals surface area (Å²) in [6.45, 7) is 7.50. The topological polar surface area (TPSA) is 44.4 Å². The standard InChI is InChI=1S/C21H33N3O/c1-2-11-22-21(25)10-6-9-20-19-12-18(13-23-20)15-24(16-19)14-17-7-4-3-5-8-17/h3-5,7-8,18-20,23H,2,6,9-16H2,1H3,(H,22,25). The van der Waals surface area contributed by atoms with Gasteiger partial charge >= 0.3 is 0 Å². The van der Waals surface area contributed by atoms with E-state index < -0.39 is 0 Å². The van der Waals surface area contributed by atoms with Crippen LogP contribution < -0.4 is 10.6 Å². The minimum atomic E-state index is 0.213. The number of amides is 1. The SMILES string of the molecule is CCCNC(=O)CCCC1NCC2CC1CN(Cc1ccccc1)C2. The van der Waals surface area contributed by atoms with Crippen LogP contribution in [0.4, 0.5) is 0 Å². The molecule has 2 aliphatic heterocycles. The first-order valence-corrected chi connectivity index (χ1v) is 10.0. The fourth-order valence-electron chi connectivity index (χ4n) is 4.42. The van der Waals surface area contributed by atoms with E-state index in [-0.39, 0.29) is 5.91 Å². The number of fused-ring (bicyclic) bond motifs is 2. The molecule has 0 saturated carbocycles. The number of hydrogen-bond donors (Lipinski definition) is 2. The number of rotatable bonds is 8. The number of hydrogen-bond acceptors (Lipinski definition) is 3. The summed E-state index contributed by atoms with van der Waals surface area (Å²) in [5, 5.41) is 6.74. The van der Waals surface area contributed by atoms with Gasteiger partial charge in [-0.25, -0.2) is 0 Å². The lowest BCUT2D eigenvalue weighted by Crippen LogP contribution is -2.55. The Morgan fingerprint density at radius 1 is 1.28 bits per heavy atom. The van der Waals surface area contributed by atoms with Crippen LogP contribution >= 0.6 is 0 Å². The molecule has 3 rings (SSSR count). The minimum absolute atomic E-state index is 0.213. The van der Waals surface area contributed by atoms with Crippen molar-refractivity contribution in [3.8, 4) is 0 Å². The zero-order valence-corrected chi connectivity index (χ0v) is 15.5. The second-order valence-corrected chi connectivity index (χ2v) is 7.80. The summed E-state index contributed by atoms with van der Waals surface area (Å²) in [5.41, 5.74) is 1.42. The van der Waals surface area contributed by atoms with Crippen molar-refractivity contribution in [2.75, 3.05) is 26.2 Å². The molecule has 0 radical (unpaired) electrons. The number of carbonyl (C=O) groups excluding carboxylic acids is 1. The predicted octanol–water partition coefficient (Wildman–Crippen LogP) is 2.79. The molecule has 2 heterocycles. The number of likely N-dealkylation sites (tertiary alicyclic amines) is 1. The van der Waals surface area contributed by atoms with Crippen LogP contribution in [0.25, 0.3) is 0 Å². The van der Waals surface area contributed by atoms with E-state index in [0.29, 0.717) is 12.5 Å². The highest BCUT2D eigenvalue weighted by Gasteiger charge is 2.35. The quantitative estimate of drug-likeness (QED) is 0.763. The van der Waals surface area contributed by atoms with Gasteiger partial charge in [-0.2, -0.15) is 0 Å². The molecule has 2 aliphatic rings. The maximum Gasteiger partial charge on any atom is 0.219 e. The molecule has 1 amide bonds. The van der Waals surface area contributed by atoms with E-state index in [1.54, 1.807) is 0 Å². The molecular formula is C21H33N3O. The van der Waals surface area contributed by atoms with E-state index in [2.05, 4.69) is 52.8 Å². The molecule has 0 aromatic heterocycles. The minimum Gasteiger partial charge on any atom is -0.356 e. The van der Waals surface area contributed by atoms with Gasteiger partial charge in [0.15, 0.2) is 0 Å². The number of piperidine rings is 2. The van der Waals surface area contributed by atoms with Crippen molar-refractivity contribution in [3.05, 3.63) is 35.9 Å². The molecule has 138 valence electrons. The molecule has 2 bridgehead atoms. The van der Waals surface area contributed by atoms with Gasteiger partial charge in [0, 0.05) is 38.6 Å². The fraction of sp³-hybridized carbons (Fsp3) is 0.667. The molecule has 0 spiro atoms. The first kappa shape index (κ1) is 18.4. The molecule has 0 aliphatic carbocycles. The zero-order chi connectivity index (χ0) is 17.5. The third-order valence-corrected chi connectivity index (χ3v) is 5.62. The maximum absolute atomic E-state index is 11.8. The van der Waals surface area contributed by atoms with Crippen molar-refractivity contribution in [1.29, 1.82) is 0 Å². The number of carbonyl (C=O) groups is 1. The van der Waals surface area contributed by atoms with Crippen LogP contribution in [0, 0.1) is 11.8 Å². The normalized spacial score (nSPS) is 26.4. The van der Waals surface area contributed by atoms with Crippen molar-refractivity contribution in [2.45, 2.75) is 51.6 Å². The molecule has 25 heavy (non-hydrogen) atoms. The van der Waals surface area contributed by atoms with Crippen molar-refractivity contribution in [1.82, 2.24) is 15.5 Å². The van der Waals surface area contributed by atoms with Crippen LogP contribution in [0.1, 0.15) is 44.6 Å². The van der Waals surface area contributed by atoms with Gasteiger partial charge in [-0.05, 0) is 49.6 Å². The second kappa shape index (κ2) is 9.35. The van der Waals surface area contributed by atoms with Crippen LogP contribution in [0.5, 0.6) is 0 Å². The Morgan fingerprint density at radius 2 is 2.12 bits per heavy atom. The van der Waals surface area contributed by atoms with E-state index in [0.717, 1.165) is 50.7 Å². The van der Waals surface area contributed by atoms with E-state index in [4.69, 9.17) is 0 Å². The molecule has 1 aromatic carbocycles. The molecule has 2 saturated heterocycles. The summed E-state index contributed by atoms with van der Waals surface area (Å²) in [6, 6.07) is 11.4. The molecule has 1 aromatic rings. The number of nitrogens with zero attached hydrogens (tertiary/aromatic N) is 1. The first-order chi connectivity index (χ1) is 12.2. The predicted molar refractivity (Wildman–Crippen MR) is 102 cm³/mol. The lowest BCUT2D eigenvalue weighted by atomic mass is 9.79. The molecule has 4 heteroatoms. The Morgan fingerprint density at radius 3 is 2.92 bits per heavy atom. The van der Waals surface area contributed by atoms with Crippen molar-refractivity contribution < 1.29 is 4.79 Å². The lowest BCUT2D eigenvalue weighted by Gasteiger charge is -2.46. The van der Waals surface area contributed by atoms with E-state index in [9.17, 15) is 4.79 Å². The van der Waals surface area contributed by atoms with Gasteiger partial charge < -0.3 is 10.6 Å². The molecule has 2 fully saturated rings. The molecule has 3 atom stereocenters. The monoisotopic (exact) mass is 343 g/mol. The van der Waals surface area contributed by atoms with Crippen molar-refractivity contribution >= 4 is 5.91 Å².